The van der Waals surface area contributed by atoms with Crippen molar-refractivity contribution < 1.29 is 0 Å². The SMILES string of the molecule is Cc1cc(-c2cc(C#N)n3c2CC(C)(C)C3)ccn1. The second kappa shape index (κ2) is 3.96. The topological polar surface area (TPSA) is 41.6 Å². The number of aryl methyl sites for hydroxylation is 1. The summed E-state index contributed by atoms with van der Waals surface area (Å²) in [5.41, 5.74) is 5.65. The van der Waals surface area contributed by atoms with Crippen LogP contribution in [0.2, 0.25) is 0 Å². The summed E-state index contributed by atoms with van der Waals surface area (Å²) in [4.78, 5) is 4.24. The molecule has 0 saturated carbocycles. The second-order valence-electron chi connectivity index (χ2n) is 6.11. The van der Waals surface area contributed by atoms with E-state index in [1.807, 2.05) is 25.3 Å². The molecule has 1 aliphatic heterocycles. The van der Waals surface area contributed by atoms with Crippen molar-refractivity contribution in [2.24, 2.45) is 5.41 Å². The normalized spacial score (nSPS) is 16.1. The zero-order valence-electron chi connectivity index (χ0n) is 11.6. The Balaban J connectivity index is 2.18. The Kier molecular flexibility index (Phi) is 2.50. The number of fused-ring (bicyclic) bond motifs is 1. The molecule has 0 N–H and O–H groups in total. The van der Waals surface area contributed by atoms with Crippen LogP contribution in [0.1, 0.15) is 30.9 Å². The molecule has 0 spiro atoms. The predicted octanol–water partition coefficient (Wildman–Crippen LogP) is 3.31. The van der Waals surface area contributed by atoms with Crippen LogP contribution < -0.4 is 0 Å². The summed E-state index contributed by atoms with van der Waals surface area (Å²) in [6.45, 7) is 7.43. The maximum atomic E-state index is 9.30. The zero-order chi connectivity index (χ0) is 13.6. The molecule has 3 heterocycles. The molecule has 0 bridgehead atoms. The fourth-order valence-electron chi connectivity index (χ4n) is 2.95. The highest BCUT2D eigenvalue weighted by molar-refractivity contribution is 5.69. The van der Waals surface area contributed by atoms with Gasteiger partial charge in [0.05, 0.1) is 0 Å². The Morgan fingerprint density at radius 1 is 1.37 bits per heavy atom. The molecule has 1 aliphatic rings. The number of rotatable bonds is 1. The fraction of sp³-hybridized carbons (Fsp3) is 0.375. The van der Waals surface area contributed by atoms with Crippen molar-refractivity contribution in [1.82, 2.24) is 9.55 Å². The van der Waals surface area contributed by atoms with Crippen molar-refractivity contribution in [3.8, 4) is 17.2 Å². The van der Waals surface area contributed by atoms with Crippen LogP contribution in [0.5, 0.6) is 0 Å². The lowest BCUT2D eigenvalue weighted by Gasteiger charge is -2.15. The number of hydrogen-bond donors (Lipinski definition) is 0. The van der Waals surface area contributed by atoms with Crippen molar-refractivity contribution in [2.45, 2.75) is 33.7 Å². The van der Waals surface area contributed by atoms with Crippen LogP contribution in [0.15, 0.2) is 24.4 Å². The molecule has 0 amide bonds. The minimum atomic E-state index is 0.235. The van der Waals surface area contributed by atoms with E-state index in [4.69, 9.17) is 0 Å². The van der Waals surface area contributed by atoms with Crippen LogP contribution in [0, 0.1) is 23.7 Å². The average molecular weight is 251 g/mol. The molecule has 0 atom stereocenters. The first-order chi connectivity index (χ1) is 9.00. The minimum Gasteiger partial charge on any atom is -0.335 e. The molecule has 0 saturated heterocycles. The van der Waals surface area contributed by atoms with E-state index in [2.05, 4.69) is 35.5 Å². The van der Waals surface area contributed by atoms with Gasteiger partial charge in [-0.2, -0.15) is 5.26 Å². The van der Waals surface area contributed by atoms with E-state index < -0.39 is 0 Å². The van der Waals surface area contributed by atoms with Crippen molar-refractivity contribution in [2.75, 3.05) is 0 Å². The molecule has 0 unspecified atom stereocenters. The molecule has 3 nitrogen and oxygen atoms in total. The molecule has 0 radical (unpaired) electrons. The van der Waals surface area contributed by atoms with Crippen molar-refractivity contribution in [3.05, 3.63) is 41.5 Å². The quantitative estimate of drug-likeness (QED) is 0.780. The number of aromatic nitrogens is 2. The molecule has 96 valence electrons. The molecule has 2 aromatic heterocycles. The van der Waals surface area contributed by atoms with Crippen LogP contribution in [0.4, 0.5) is 0 Å². The Morgan fingerprint density at radius 3 is 2.84 bits per heavy atom. The Morgan fingerprint density at radius 2 is 2.16 bits per heavy atom. The first kappa shape index (κ1) is 12.0. The van der Waals surface area contributed by atoms with Gasteiger partial charge in [0.25, 0.3) is 0 Å². The number of nitrogens with zero attached hydrogens (tertiary/aromatic N) is 3. The maximum Gasteiger partial charge on any atom is 0.121 e. The van der Waals surface area contributed by atoms with E-state index in [9.17, 15) is 5.26 Å². The maximum absolute atomic E-state index is 9.30. The Labute approximate surface area is 113 Å². The standard InChI is InChI=1S/C16H17N3/c1-11-6-12(4-5-18-11)14-7-13(9-17)19-10-16(2,3)8-15(14)19/h4-7H,8,10H2,1-3H3. The second-order valence-corrected chi connectivity index (χ2v) is 6.11. The monoisotopic (exact) mass is 251 g/mol. The highest BCUT2D eigenvalue weighted by atomic mass is 15.0. The molecule has 0 fully saturated rings. The van der Waals surface area contributed by atoms with E-state index in [0.29, 0.717) is 0 Å². The summed E-state index contributed by atoms with van der Waals surface area (Å²) < 4.78 is 2.17. The van der Waals surface area contributed by atoms with Gasteiger partial charge in [-0.1, -0.05) is 13.8 Å². The molecule has 0 aliphatic carbocycles. The first-order valence-electron chi connectivity index (χ1n) is 6.56. The van der Waals surface area contributed by atoms with Gasteiger partial charge in [-0.25, -0.2) is 0 Å². The van der Waals surface area contributed by atoms with E-state index in [1.165, 1.54) is 11.3 Å². The van der Waals surface area contributed by atoms with Gasteiger partial charge in [-0.05, 0) is 42.5 Å². The molecule has 2 aromatic rings. The van der Waals surface area contributed by atoms with Gasteiger partial charge in [0.2, 0.25) is 0 Å². The number of hydrogen-bond acceptors (Lipinski definition) is 2. The van der Waals surface area contributed by atoms with Gasteiger partial charge in [-0.15, -0.1) is 0 Å². The van der Waals surface area contributed by atoms with Gasteiger partial charge in [0, 0.05) is 29.7 Å². The third kappa shape index (κ3) is 1.94. The Hall–Kier alpha value is -2.08. The molecule has 3 heteroatoms. The van der Waals surface area contributed by atoms with Crippen LogP contribution in [-0.2, 0) is 13.0 Å². The van der Waals surface area contributed by atoms with Gasteiger partial charge in [0.15, 0.2) is 0 Å². The number of nitriles is 1. The van der Waals surface area contributed by atoms with Crippen LogP contribution in [-0.4, -0.2) is 9.55 Å². The highest BCUT2D eigenvalue weighted by Gasteiger charge is 2.32. The van der Waals surface area contributed by atoms with Crippen LogP contribution in [0.25, 0.3) is 11.1 Å². The summed E-state index contributed by atoms with van der Waals surface area (Å²) in [6.07, 6.45) is 2.85. The van der Waals surface area contributed by atoms with E-state index in [1.54, 1.807) is 0 Å². The third-order valence-electron chi connectivity index (χ3n) is 3.76. The van der Waals surface area contributed by atoms with Gasteiger partial charge >= 0.3 is 0 Å². The van der Waals surface area contributed by atoms with E-state index in [-0.39, 0.29) is 5.41 Å². The lowest BCUT2D eigenvalue weighted by Crippen LogP contribution is -2.12. The summed E-state index contributed by atoms with van der Waals surface area (Å²) in [6, 6.07) is 8.44. The fourth-order valence-corrected chi connectivity index (χ4v) is 2.95. The van der Waals surface area contributed by atoms with Gasteiger partial charge in [0.1, 0.15) is 11.8 Å². The molecule has 3 rings (SSSR count). The smallest absolute Gasteiger partial charge is 0.121 e. The van der Waals surface area contributed by atoms with Crippen molar-refractivity contribution in [3.63, 3.8) is 0 Å². The van der Waals surface area contributed by atoms with Gasteiger partial charge < -0.3 is 4.57 Å². The largest absolute Gasteiger partial charge is 0.335 e. The average Bonchev–Trinajstić information content (AvgIpc) is 2.82. The van der Waals surface area contributed by atoms with Crippen molar-refractivity contribution >= 4 is 0 Å². The van der Waals surface area contributed by atoms with Crippen LogP contribution >= 0.6 is 0 Å². The third-order valence-corrected chi connectivity index (χ3v) is 3.76. The van der Waals surface area contributed by atoms with E-state index in [0.717, 1.165) is 29.9 Å². The lowest BCUT2D eigenvalue weighted by atomic mass is 9.89. The summed E-state index contributed by atoms with van der Waals surface area (Å²) in [5.74, 6) is 0. The minimum absolute atomic E-state index is 0.235. The van der Waals surface area contributed by atoms with Crippen LogP contribution in [0.3, 0.4) is 0 Å². The van der Waals surface area contributed by atoms with E-state index >= 15 is 0 Å². The highest BCUT2D eigenvalue weighted by Crippen LogP contribution is 2.39. The first-order valence-corrected chi connectivity index (χ1v) is 6.56. The number of pyridine rings is 1. The summed E-state index contributed by atoms with van der Waals surface area (Å²) in [7, 11) is 0. The summed E-state index contributed by atoms with van der Waals surface area (Å²) in [5, 5.41) is 9.30. The zero-order valence-corrected chi connectivity index (χ0v) is 11.6. The van der Waals surface area contributed by atoms with Crippen molar-refractivity contribution in [1.29, 1.82) is 5.26 Å². The molecular formula is C16H17N3. The molecule has 0 aromatic carbocycles. The lowest BCUT2D eigenvalue weighted by molar-refractivity contribution is 0.358. The van der Waals surface area contributed by atoms with Gasteiger partial charge in [-0.3, -0.25) is 4.98 Å². The molecular weight excluding hydrogens is 234 g/mol. The predicted molar refractivity (Wildman–Crippen MR) is 74.6 cm³/mol. The molecule has 19 heavy (non-hydrogen) atoms. The Bertz CT molecular complexity index is 687. The summed E-state index contributed by atoms with van der Waals surface area (Å²) >= 11 is 0.